The van der Waals surface area contributed by atoms with Crippen LogP contribution in [0.2, 0.25) is 10.0 Å². The van der Waals surface area contributed by atoms with Crippen LogP contribution in [0, 0.1) is 22.9 Å². The second kappa shape index (κ2) is 10.4. The van der Waals surface area contributed by atoms with E-state index in [9.17, 15) is 19.3 Å². The average Bonchev–Trinajstić information content (AvgIpc) is 3.26. The minimum Gasteiger partial charge on any atom is -0.423 e. The molecule has 4 rings (SSSR count). The fourth-order valence-corrected chi connectivity index (χ4v) is 3.28. The van der Waals surface area contributed by atoms with E-state index in [1.54, 1.807) is 13.0 Å². The van der Waals surface area contributed by atoms with Gasteiger partial charge in [-0.1, -0.05) is 28.3 Å². The van der Waals surface area contributed by atoms with E-state index in [4.69, 9.17) is 27.9 Å². The van der Waals surface area contributed by atoms with Gasteiger partial charge in [-0.3, -0.25) is 0 Å². The molecule has 2 aromatic heterocycles. The number of hydrogen-bond acceptors (Lipinski definition) is 8. The maximum absolute atomic E-state index is 13.3. The molecule has 0 saturated heterocycles. The van der Waals surface area contributed by atoms with Gasteiger partial charge in [-0.2, -0.15) is 4.98 Å². The largest absolute Gasteiger partial charge is 0.423 e. The van der Waals surface area contributed by atoms with E-state index in [2.05, 4.69) is 36.1 Å². The minimum atomic E-state index is -0.611. The molecule has 0 aliphatic carbocycles. The molecule has 15 heteroatoms. The highest BCUT2D eigenvalue weighted by atomic mass is 35.5. The van der Waals surface area contributed by atoms with Crippen LogP contribution in [-0.4, -0.2) is 31.1 Å². The Morgan fingerprint density at radius 3 is 2.36 bits per heavy atom. The van der Waals surface area contributed by atoms with Crippen LogP contribution in [0.1, 0.15) is 5.69 Å². The highest BCUT2D eigenvalue weighted by Crippen LogP contribution is 2.31. The van der Waals surface area contributed by atoms with Crippen molar-refractivity contribution in [2.24, 2.45) is 0 Å². The van der Waals surface area contributed by atoms with Crippen LogP contribution in [0.5, 0.6) is 11.8 Å². The van der Waals surface area contributed by atoms with Crippen LogP contribution in [-0.2, 0) is 0 Å². The molecular formula is C21H15Cl2FN8O4. The summed E-state index contributed by atoms with van der Waals surface area (Å²) in [5.74, 6) is -0.211. The van der Waals surface area contributed by atoms with E-state index in [-0.39, 0.29) is 39.3 Å². The third kappa shape index (κ3) is 6.14. The molecule has 0 unspecified atom stereocenters. The quantitative estimate of drug-likeness (QED) is 0.165. The average molecular weight is 533 g/mol. The monoisotopic (exact) mass is 532 g/mol. The number of aryl methyl sites for hydroxylation is 1. The molecule has 184 valence electrons. The lowest BCUT2D eigenvalue weighted by Gasteiger charge is -2.11. The Morgan fingerprint density at radius 1 is 1.03 bits per heavy atom. The van der Waals surface area contributed by atoms with Gasteiger partial charge in [0, 0.05) is 23.1 Å². The number of amides is 2. The van der Waals surface area contributed by atoms with Crippen molar-refractivity contribution in [3.63, 3.8) is 0 Å². The molecule has 0 spiro atoms. The summed E-state index contributed by atoms with van der Waals surface area (Å²) in [6.07, 6.45) is 0. The van der Waals surface area contributed by atoms with Crippen molar-refractivity contribution in [3.8, 4) is 11.8 Å². The molecule has 0 aliphatic heterocycles. The molecule has 0 fully saturated rings. The van der Waals surface area contributed by atoms with Crippen molar-refractivity contribution < 1.29 is 18.8 Å². The molecule has 4 aromatic rings. The molecule has 0 atom stereocenters. The van der Waals surface area contributed by atoms with Crippen LogP contribution < -0.4 is 20.7 Å². The molecule has 2 heterocycles. The van der Waals surface area contributed by atoms with Gasteiger partial charge >= 0.3 is 17.9 Å². The Bertz CT molecular complexity index is 1470. The summed E-state index contributed by atoms with van der Waals surface area (Å²) in [4.78, 5) is 30.8. The first-order valence-corrected chi connectivity index (χ1v) is 10.7. The van der Waals surface area contributed by atoms with Gasteiger partial charge in [-0.25, -0.2) is 14.2 Å². The van der Waals surface area contributed by atoms with E-state index in [1.807, 2.05) is 0 Å². The third-order valence-electron chi connectivity index (χ3n) is 4.42. The summed E-state index contributed by atoms with van der Waals surface area (Å²) in [6.45, 7) is 1.70. The molecule has 2 amide bonds. The molecule has 12 nitrogen and oxygen atoms in total. The lowest BCUT2D eigenvalue weighted by molar-refractivity contribution is -0.389. The number of carbonyl (C=O) groups is 1. The van der Waals surface area contributed by atoms with E-state index in [0.717, 1.165) is 6.07 Å². The maximum atomic E-state index is 13.3. The van der Waals surface area contributed by atoms with Crippen LogP contribution >= 0.6 is 23.2 Å². The first-order valence-electron chi connectivity index (χ1n) is 9.99. The zero-order valence-electron chi connectivity index (χ0n) is 18.2. The molecule has 0 aliphatic rings. The van der Waals surface area contributed by atoms with E-state index in [1.165, 1.54) is 36.4 Å². The summed E-state index contributed by atoms with van der Waals surface area (Å²) >= 11 is 12.0. The Labute approximate surface area is 212 Å². The number of benzene rings is 2. The second-order valence-corrected chi connectivity index (χ2v) is 7.97. The smallest absolute Gasteiger partial charge is 0.344 e. The highest BCUT2D eigenvalue weighted by molar-refractivity contribution is 6.32. The number of nitrogens with zero attached hydrogens (tertiary/aromatic N) is 4. The summed E-state index contributed by atoms with van der Waals surface area (Å²) in [5, 5.41) is 24.8. The Kier molecular flexibility index (Phi) is 7.12. The van der Waals surface area contributed by atoms with Gasteiger partial charge in [0.25, 0.3) is 0 Å². The predicted molar refractivity (Wildman–Crippen MR) is 131 cm³/mol. The molecular weight excluding hydrogens is 518 g/mol. The fraction of sp³-hybridized carbons (Fsp3) is 0.0476. The number of hydrogen-bond donors (Lipinski definition) is 4. The van der Waals surface area contributed by atoms with E-state index in [0.29, 0.717) is 17.1 Å². The van der Waals surface area contributed by atoms with Gasteiger partial charge in [-0.15, -0.1) is 5.10 Å². The lowest BCUT2D eigenvalue weighted by Crippen LogP contribution is -2.19. The normalized spacial score (nSPS) is 10.6. The number of halogens is 3. The minimum absolute atomic E-state index is 0.0453. The van der Waals surface area contributed by atoms with Crippen LogP contribution in [0.4, 0.5) is 38.0 Å². The topological polar surface area (TPSA) is 160 Å². The number of nitrogens with one attached hydrogen (secondary N) is 4. The molecule has 36 heavy (non-hydrogen) atoms. The highest BCUT2D eigenvalue weighted by Gasteiger charge is 2.13. The number of anilines is 4. The number of H-pyrrole nitrogens is 1. The van der Waals surface area contributed by atoms with Crippen molar-refractivity contribution in [3.05, 3.63) is 80.2 Å². The Morgan fingerprint density at radius 2 is 1.72 bits per heavy atom. The van der Waals surface area contributed by atoms with Gasteiger partial charge in [-0.05, 0) is 48.2 Å². The van der Waals surface area contributed by atoms with E-state index < -0.39 is 16.8 Å². The summed E-state index contributed by atoms with van der Waals surface area (Å²) in [5.41, 5.74) is 1.20. The summed E-state index contributed by atoms with van der Waals surface area (Å²) in [6, 6.07) is 10.4. The van der Waals surface area contributed by atoms with Gasteiger partial charge in [0.05, 0.1) is 16.1 Å². The molecule has 4 N–H and O–H groups in total. The van der Waals surface area contributed by atoms with Gasteiger partial charge < -0.3 is 30.8 Å². The predicted octanol–water partition coefficient (Wildman–Crippen LogP) is 6.04. The number of carbonyl (C=O) groups excluding carboxylic acids is 1. The standard InChI is InChI=1S/C21H15Cl2FN8O4/c1-10-6-17(28-18-9-19(31-30-18)32(34)35)29-21(25-10)36-16-5-3-12(8-14(16)23)27-20(33)26-11-2-4-15(24)13(22)7-11/h2-9H,1H3,(H2,26,27,33)(H2,25,28,29,30,31). The Balaban J connectivity index is 1.42. The molecule has 2 aromatic carbocycles. The number of aromatic nitrogens is 4. The Hall–Kier alpha value is -4.49. The van der Waals surface area contributed by atoms with Crippen molar-refractivity contribution in [2.75, 3.05) is 16.0 Å². The maximum Gasteiger partial charge on any atom is 0.344 e. The van der Waals surface area contributed by atoms with Crippen LogP contribution in [0.3, 0.4) is 0 Å². The first-order chi connectivity index (χ1) is 17.2. The molecule has 0 radical (unpaired) electrons. The number of rotatable bonds is 7. The van der Waals surface area contributed by atoms with Crippen molar-refractivity contribution in [1.82, 2.24) is 20.2 Å². The summed E-state index contributed by atoms with van der Waals surface area (Å²) in [7, 11) is 0. The van der Waals surface area contributed by atoms with Crippen molar-refractivity contribution in [2.45, 2.75) is 6.92 Å². The van der Waals surface area contributed by atoms with Crippen LogP contribution in [0.25, 0.3) is 0 Å². The second-order valence-electron chi connectivity index (χ2n) is 7.15. The van der Waals surface area contributed by atoms with Gasteiger partial charge in [0.1, 0.15) is 17.4 Å². The summed E-state index contributed by atoms with van der Waals surface area (Å²) < 4.78 is 18.9. The number of nitro groups is 1. The third-order valence-corrected chi connectivity index (χ3v) is 5.00. The molecule has 0 bridgehead atoms. The first kappa shape index (κ1) is 24.6. The zero-order chi connectivity index (χ0) is 25.8. The number of urea groups is 1. The fourth-order valence-electron chi connectivity index (χ4n) is 2.88. The number of aromatic amines is 1. The van der Waals surface area contributed by atoms with Gasteiger partial charge in [0.2, 0.25) is 0 Å². The van der Waals surface area contributed by atoms with Gasteiger partial charge in [0.15, 0.2) is 5.82 Å². The molecule has 0 saturated carbocycles. The van der Waals surface area contributed by atoms with E-state index >= 15 is 0 Å². The van der Waals surface area contributed by atoms with Crippen molar-refractivity contribution in [1.29, 1.82) is 0 Å². The lowest BCUT2D eigenvalue weighted by atomic mass is 10.3. The van der Waals surface area contributed by atoms with Crippen LogP contribution in [0.15, 0.2) is 48.5 Å². The SMILES string of the molecule is Cc1cc(Nc2cc([N+](=O)[O-])[nH]n2)nc(Oc2ccc(NC(=O)Nc3ccc(F)c(Cl)c3)cc2Cl)n1. The number of ether oxygens (including phenoxy) is 1. The zero-order valence-corrected chi connectivity index (χ0v) is 19.7. The van der Waals surface area contributed by atoms with Crippen molar-refractivity contribution >= 4 is 58.1 Å².